The summed E-state index contributed by atoms with van der Waals surface area (Å²) in [6.07, 6.45) is 1.43. The van der Waals surface area contributed by atoms with E-state index in [2.05, 4.69) is 5.32 Å². The first-order valence-electron chi connectivity index (χ1n) is 7.39. The molecule has 0 fully saturated rings. The van der Waals surface area contributed by atoms with E-state index in [-0.39, 0.29) is 5.57 Å². The van der Waals surface area contributed by atoms with Crippen LogP contribution in [0.15, 0.2) is 35.9 Å². The molecule has 0 aliphatic rings. The SMILES string of the molecule is COc1c(Cl)cc(/C=C(\C#N)C(=O)Nc2cc(C)ccc2C)cc1Cl. The number of methoxy groups -OCH3 is 1. The summed E-state index contributed by atoms with van der Waals surface area (Å²) in [7, 11) is 1.46. The van der Waals surface area contributed by atoms with E-state index in [0.717, 1.165) is 11.1 Å². The molecular weight excluding hydrogens is 359 g/mol. The third-order valence-corrected chi connectivity index (χ3v) is 4.10. The number of rotatable bonds is 4. The van der Waals surface area contributed by atoms with Crippen LogP contribution in [0.25, 0.3) is 6.08 Å². The molecule has 128 valence electrons. The quantitative estimate of drug-likeness (QED) is 0.593. The van der Waals surface area contributed by atoms with Gasteiger partial charge in [0.25, 0.3) is 5.91 Å². The standard InChI is InChI=1S/C19H16Cl2N2O2/c1-11-4-5-12(2)17(6-11)23-19(24)14(10-22)7-13-8-15(20)18(25-3)16(21)9-13/h4-9H,1-3H3,(H,23,24)/b14-7+. The van der Waals surface area contributed by atoms with E-state index in [1.807, 2.05) is 38.1 Å². The minimum absolute atomic E-state index is 0.0572. The monoisotopic (exact) mass is 374 g/mol. The van der Waals surface area contributed by atoms with Crippen LogP contribution in [0.1, 0.15) is 16.7 Å². The Balaban J connectivity index is 2.33. The minimum atomic E-state index is -0.501. The molecule has 4 nitrogen and oxygen atoms in total. The maximum atomic E-state index is 12.4. The number of amides is 1. The van der Waals surface area contributed by atoms with Gasteiger partial charge in [-0.15, -0.1) is 0 Å². The summed E-state index contributed by atoms with van der Waals surface area (Å²) < 4.78 is 5.08. The number of hydrogen-bond donors (Lipinski definition) is 1. The van der Waals surface area contributed by atoms with Gasteiger partial charge in [0.05, 0.1) is 17.2 Å². The van der Waals surface area contributed by atoms with Crippen molar-refractivity contribution in [2.45, 2.75) is 13.8 Å². The molecule has 0 heterocycles. The first-order chi connectivity index (χ1) is 11.8. The van der Waals surface area contributed by atoms with Gasteiger partial charge in [0.1, 0.15) is 11.6 Å². The molecule has 0 saturated heterocycles. The molecule has 25 heavy (non-hydrogen) atoms. The first kappa shape index (κ1) is 18.9. The molecule has 1 N–H and O–H groups in total. The normalized spacial score (nSPS) is 11.0. The van der Waals surface area contributed by atoms with Gasteiger partial charge in [-0.2, -0.15) is 5.26 Å². The zero-order valence-corrected chi connectivity index (χ0v) is 15.5. The van der Waals surface area contributed by atoms with E-state index in [1.165, 1.54) is 13.2 Å². The maximum absolute atomic E-state index is 12.4. The second-order valence-corrected chi connectivity index (χ2v) is 6.27. The van der Waals surface area contributed by atoms with Crippen molar-refractivity contribution < 1.29 is 9.53 Å². The molecule has 2 aromatic carbocycles. The lowest BCUT2D eigenvalue weighted by atomic mass is 10.1. The molecule has 6 heteroatoms. The average molecular weight is 375 g/mol. The van der Waals surface area contributed by atoms with Crippen LogP contribution in [0.3, 0.4) is 0 Å². The molecule has 0 atom stereocenters. The summed E-state index contributed by atoms with van der Waals surface area (Å²) in [5, 5.41) is 12.7. The zero-order valence-electron chi connectivity index (χ0n) is 14.0. The fraction of sp³-hybridized carbons (Fsp3) is 0.158. The number of halogens is 2. The highest BCUT2D eigenvalue weighted by Gasteiger charge is 2.13. The summed E-state index contributed by atoms with van der Waals surface area (Å²) >= 11 is 12.2. The van der Waals surface area contributed by atoms with Crippen LogP contribution in [-0.2, 0) is 4.79 Å². The Bertz CT molecular complexity index is 876. The van der Waals surface area contributed by atoms with Crippen molar-refractivity contribution in [1.29, 1.82) is 5.26 Å². The third-order valence-electron chi connectivity index (χ3n) is 3.54. The average Bonchev–Trinajstić information content (AvgIpc) is 2.55. The van der Waals surface area contributed by atoms with Gasteiger partial charge >= 0.3 is 0 Å². The van der Waals surface area contributed by atoms with Crippen LogP contribution in [-0.4, -0.2) is 13.0 Å². The van der Waals surface area contributed by atoms with Crippen molar-refractivity contribution in [1.82, 2.24) is 0 Å². The predicted octanol–water partition coefficient (Wildman–Crippen LogP) is 5.16. The van der Waals surface area contributed by atoms with Gasteiger partial charge in [0, 0.05) is 5.69 Å². The molecule has 2 aromatic rings. The van der Waals surface area contributed by atoms with Crippen LogP contribution in [0.2, 0.25) is 10.0 Å². The van der Waals surface area contributed by atoms with Gasteiger partial charge < -0.3 is 10.1 Å². The highest BCUT2D eigenvalue weighted by molar-refractivity contribution is 6.37. The summed E-state index contributed by atoms with van der Waals surface area (Å²) in [6, 6.07) is 10.8. The van der Waals surface area contributed by atoms with E-state index in [4.69, 9.17) is 27.9 Å². The summed E-state index contributed by atoms with van der Waals surface area (Å²) in [5.41, 5.74) is 3.06. The molecule has 1 amide bonds. The molecule has 0 unspecified atom stereocenters. The minimum Gasteiger partial charge on any atom is -0.494 e. The van der Waals surface area contributed by atoms with Crippen LogP contribution in [0, 0.1) is 25.2 Å². The predicted molar refractivity (Wildman–Crippen MR) is 101 cm³/mol. The molecule has 0 aliphatic carbocycles. The molecule has 0 aromatic heterocycles. The number of ether oxygens (including phenoxy) is 1. The van der Waals surface area contributed by atoms with Crippen LogP contribution < -0.4 is 10.1 Å². The number of aryl methyl sites for hydroxylation is 2. The second-order valence-electron chi connectivity index (χ2n) is 5.46. The number of nitrogens with one attached hydrogen (secondary N) is 1. The Kier molecular flexibility index (Phi) is 6.08. The van der Waals surface area contributed by atoms with Crippen molar-refractivity contribution in [2.75, 3.05) is 12.4 Å². The second kappa shape index (κ2) is 8.06. The largest absolute Gasteiger partial charge is 0.494 e. The van der Waals surface area contributed by atoms with E-state index < -0.39 is 5.91 Å². The van der Waals surface area contributed by atoms with Gasteiger partial charge in [-0.25, -0.2) is 0 Å². The van der Waals surface area contributed by atoms with E-state index in [0.29, 0.717) is 27.0 Å². The van der Waals surface area contributed by atoms with Gasteiger partial charge in [-0.1, -0.05) is 35.3 Å². The van der Waals surface area contributed by atoms with Gasteiger partial charge in [0.15, 0.2) is 5.75 Å². The topological polar surface area (TPSA) is 62.1 Å². The van der Waals surface area contributed by atoms with Crippen molar-refractivity contribution in [3.8, 4) is 11.8 Å². The van der Waals surface area contributed by atoms with E-state index in [1.54, 1.807) is 12.1 Å². The maximum Gasteiger partial charge on any atom is 0.266 e. The summed E-state index contributed by atoms with van der Waals surface area (Å²) in [6.45, 7) is 3.81. The van der Waals surface area contributed by atoms with Crippen molar-refractivity contribution >= 4 is 40.9 Å². The highest BCUT2D eigenvalue weighted by atomic mass is 35.5. The molecule has 0 saturated carbocycles. The van der Waals surface area contributed by atoms with E-state index >= 15 is 0 Å². The highest BCUT2D eigenvalue weighted by Crippen LogP contribution is 2.34. The Labute approximate surface area is 156 Å². The first-order valence-corrected chi connectivity index (χ1v) is 8.14. The Morgan fingerprint density at radius 3 is 2.40 bits per heavy atom. The molecule has 0 aliphatic heterocycles. The number of carbonyl (C=O) groups excluding carboxylic acids is 1. The number of benzene rings is 2. The number of nitrogens with zero attached hydrogens (tertiary/aromatic N) is 1. The fourth-order valence-electron chi connectivity index (χ4n) is 2.23. The number of hydrogen-bond acceptors (Lipinski definition) is 3. The molecule has 0 radical (unpaired) electrons. The third kappa shape index (κ3) is 4.54. The lowest BCUT2D eigenvalue weighted by Gasteiger charge is -2.09. The van der Waals surface area contributed by atoms with Crippen molar-refractivity contribution in [2.24, 2.45) is 0 Å². The van der Waals surface area contributed by atoms with Gasteiger partial charge in [-0.3, -0.25) is 4.79 Å². The Hall–Kier alpha value is -2.48. The summed E-state index contributed by atoms with van der Waals surface area (Å²) in [4.78, 5) is 12.4. The number of nitriles is 1. The van der Waals surface area contributed by atoms with Crippen molar-refractivity contribution in [3.05, 3.63) is 62.6 Å². The zero-order chi connectivity index (χ0) is 18.6. The summed E-state index contributed by atoms with van der Waals surface area (Å²) in [5.74, 6) is -0.155. The van der Waals surface area contributed by atoms with Gasteiger partial charge in [0.2, 0.25) is 0 Å². The van der Waals surface area contributed by atoms with Crippen molar-refractivity contribution in [3.63, 3.8) is 0 Å². The lowest BCUT2D eigenvalue weighted by Crippen LogP contribution is -2.14. The van der Waals surface area contributed by atoms with Crippen LogP contribution in [0.4, 0.5) is 5.69 Å². The molecule has 2 rings (SSSR count). The Morgan fingerprint density at radius 2 is 1.84 bits per heavy atom. The number of anilines is 1. The lowest BCUT2D eigenvalue weighted by molar-refractivity contribution is -0.112. The van der Waals surface area contributed by atoms with E-state index in [9.17, 15) is 10.1 Å². The molecule has 0 bridgehead atoms. The Morgan fingerprint density at radius 1 is 1.20 bits per heavy atom. The van der Waals surface area contributed by atoms with Crippen LogP contribution in [0.5, 0.6) is 5.75 Å². The smallest absolute Gasteiger partial charge is 0.266 e. The molecular formula is C19H16Cl2N2O2. The van der Waals surface area contributed by atoms with Gasteiger partial charge in [-0.05, 0) is 54.8 Å². The number of carbonyl (C=O) groups is 1. The van der Waals surface area contributed by atoms with Crippen LogP contribution >= 0.6 is 23.2 Å². The molecule has 0 spiro atoms. The fourth-order valence-corrected chi connectivity index (χ4v) is 2.89.